The quantitative estimate of drug-likeness (QED) is 0.298. The summed E-state index contributed by atoms with van der Waals surface area (Å²) < 4.78 is 118. The Morgan fingerprint density at radius 1 is 0.829 bits per heavy atom. The van der Waals surface area contributed by atoms with Crippen molar-refractivity contribution in [2.24, 2.45) is 11.8 Å². The molecule has 2 aromatic carbocycles. The number of halogens is 8. The smallest absolute Gasteiger partial charge is 0.429 e. The highest BCUT2D eigenvalue weighted by molar-refractivity contribution is 5.36. The lowest BCUT2D eigenvalue weighted by Gasteiger charge is -2.28. The predicted octanol–water partition coefficient (Wildman–Crippen LogP) is 8.51. The van der Waals surface area contributed by atoms with Crippen LogP contribution >= 0.6 is 0 Å². The molecule has 0 aliphatic heterocycles. The van der Waals surface area contributed by atoms with E-state index in [0.717, 1.165) is 44.2 Å². The van der Waals surface area contributed by atoms with Gasteiger partial charge in [0.15, 0.2) is 17.4 Å². The van der Waals surface area contributed by atoms with Crippen molar-refractivity contribution in [2.45, 2.75) is 71.0 Å². The third-order valence-electron chi connectivity index (χ3n) is 6.32. The van der Waals surface area contributed by atoms with Crippen LogP contribution in [0.1, 0.15) is 63.0 Å². The molecule has 2 nitrogen and oxygen atoms in total. The van der Waals surface area contributed by atoms with Crippen LogP contribution in [0, 0.1) is 35.1 Å². The Morgan fingerprint density at radius 2 is 1.34 bits per heavy atom. The average Bonchev–Trinajstić information content (AvgIpc) is 2.75. The topological polar surface area (TPSA) is 18.5 Å². The Hall–Kier alpha value is -2.52. The number of rotatable bonds is 10. The molecule has 0 N–H and O–H groups in total. The highest BCUT2D eigenvalue weighted by atomic mass is 19.3. The van der Waals surface area contributed by atoms with Gasteiger partial charge < -0.3 is 9.47 Å². The lowest BCUT2D eigenvalue weighted by Crippen LogP contribution is -2.25. The van der Waals surface area contributed by atoms with E-state index in [2.05, 4.69) is 16.4 Å². The molecular formula is C25H26F8O2. The van der Waals surface area contributed by atoms with E-state index in [1.54, 1.807) is 0 Å². The molecular weight excluding hydrogens is 484 g/mol. The molecule has 1 saturated carbocycles. The normalized spacial score (nSPS) is 18.7. The molecule has 1 aliphatic rings. The number of alkyl halides is 4. The third-order valence-corrected chi connectivity index (χ3v) is 6.32. The SMILES string of the molecule is CCCC1CCC(CCc2cc(F)c(C(F)(F)Oc3cc(F)c(OC(F)F)c(F)c3)c(F)c2)CC1. The van der Waals surface area contributed by atoms with Gasteiger partial charge in [-0.2, -0.15) is 17.6 Å². The average molecular weight is 510 g/mol. The van der Waals surface area contributed by atoms with Crippen LogP contribution in [0.4, 0.5) is 35.1 Å². The first-order valence-electron chi connectivity index (χ1n) is 11.5. The lowest BCUT2D eigenvalue weighted by atomic mass is 9.78. The van der Waals surface area contributed by atoms with E-state index >= 15 is 0 Å². The van der Waals surface area contributed by atoms with Crippen molar-refractivity contribution in [3.63, 3.8) is 0 Å². The minimum atomic E-state index is -4.64. The Labute approximate surface area is 198 Å². The highest BCUT2D eigenvalue weighted by Crippen LogP contribution is 2.38. The van der Waals surface area contributed by atoms with Crippen molar-refractivity contribution in [3.8, 4) is 11.5 Å². The fourth-order valence-electron chi connectivity index (χ4n) is 4.63. The van der Waals surface area contributed by atoms with Crippen LogP contribution in [0.2, 0.25) is 0 Å². The fourth-order valence-corrected chi connectivity index (χ4v) is 4.63. The standard InChI is InChI=1S/C25H26F8O2/c1-2-3-14-4-6-15(7-5-14)8-9-16-10-18(26)22(19(27)11-16)25(32,33)35-17-12-20(28)23(21(29)13-17)34-24(30)31/h10-15,24H,2-9H2,1H3. The van der Waals surface area contributed by atoms with Crippen molar-refractivity contribution in [3.05, 3.63) is 58.7 Å². The molecule has 3 rings (SSSR count). The second-order valence-electron chi connectivity index (χ2n) is 8.86. The van der Waals surface area contributed by atoms with E-state index in [0.29, 0.717) is 24.7 Å². The van der Waals surface area contributed by atoms with Crippen LogP contribution in [0.15, 0.2) is 24.3 Å². The van der Waals surface area contributed by atoms with E-state index in [1.807, 2.05) is 0 Å². The minimum absolute atomic E-state index is 0.147. The highest BCUT2D eigenvalue weighted by Gasteiger charge is 2.41. The molecule has 0 aromatic heterocycles. The van der Waals surface area contributed by atoms with Crippen LogP contribution in [0.5, 0.6) is 11.5 Å². The van der Waals surface area contributed by atoms with Gasteiger partial charge in [0.25, 0.3) is 0 Å². The molecule has 1 aliphatic carbocycles. The lowest BCUT2D eigenvalue weighted by molar-refractivity contribution is -0.189. The third kappa shape index (κ3) is 7.01. The van der Waals surface area contributed by atoms with Gasteiger partial charge in [-0.25, -0.2) is 17.6 Å². The molecule has 0 heterocycles. The Morgan fingerprint density at radius 3 is 1.83 bits per heavy atom. The number of hydrogen-bond donors (Lipinski definition) is 0. The fraction of sp³-hybridized carbons (Fsp3) is 0.520. The molecule has 0 atom stereocenters. The number of hydrogen-bond acceptors (Lipinski definition) is 2. The largest absolute Gasteiger partial charge is 0.432 e. The second-order valence-corrected chi connectivity index (χ2v) is 8.86. The summed E-state index contributed by atoms with van der Waals surface area (Å²) in [5.74, 6) is -8.22. The van der Waals surface area contributed by atoms with Gasteiger partial charge in [0.2, 0.25) is 0 Å². The van der Waals surface area contributed by atoms with Gasteiger partial charge in [0.1, 0.15) is 22.9 Å². The summed E-state index contributed by atoms with van der Waals surface area (Å²) in [6, 6.07) is 1.88. The van der Waals surface area contributed by atoms with Crippen LogP contribution in [0.3, 0.4) is 0 Å². The molecule has 0 saturated heterocycles. The van der Waals surface area contributed by atoms with Crippen molar-refractivity contribution >= 4 is 0 Å². The molecule has 10 heteroatoms. The molecule has 194 valence electrons. The van der Waals surface area contributed by atoms with Crippen LogP contribution in [-0.4, -0.2) is 6.61 Å². The Bertz CT molecular complexity index is 957. The number of ether oxygens (including phenoxy) is 2. The predicted molar refractivity (Wildman–Crippen MR) is 113 cm³/mol. The molecule has 2 aromatic rings. The van der Waals surface area contributed by atoms with Crippen molar-refractivity contribution in [2.75, 3.05) is 0 Å². The van der Waals surface area contributed by atoms with E-state index in [4.69, 9.17) is 0 Å². The summed E-state index contributed by atoms with van der Waals surface area (Å²) in [7, 11) is 0. The zero-order chi connectivity index (χ0) is 25.8. The van der Waals surface area contributed by atoms with Crippen molar-refractivity contribution < 1.29 is 44.6 Å². The maximum atomic E-state index is 14.5. The van der Waals surface area contributed by atoms with Crippen molar-refractivity contribution in [1.29, 1.82) is 0 Å². The van der Waals surface area contributed by atoms with E-state index in [9.17, 15) is 35.1 Å². The van der Waals surface area contributed by atoms with Gasteiger partial charge in [0.05, 0.1) is 0 Å². The summed E-state index contributed by atoms with van der Waals surface area (Å²) >= 11 is 0. The summed E-state index contributed by atoms with van der Waals surface area (Å²) in [5, 5.41) is 0. The summed E-state index contributed by atoms with van der Waals surface area (Å²) in [4.78, 5) is 0. The molecule has 35 heavy (non-hydrogen) atoms. The van der Waals surface area contributed by atoms with Gasteiger partial charge in [0, 0.05) is 12.1 Å². The summed E-state index contributed by atoms with van der Waals surface area (Å²) in [5.41, 5.74) is -1.52. The summed E-state index contributed by atoms with van der Waals surface area (Å²) in [6.45, 7) is -1.42. The Kier molecular flexibility index (Phi) is 8.88. The number of aryl methyl sites for hydroxylation is 1. The summed E-state index contributed by atoms with van der Waals surface area (Å²) in [6.07, 6.45) is 2.93. The zero-order valence-electron chi connectivity index (χ0n) is 19.0. The van der Waals surface area contributed by atoms with E-state index < -0.39 is 53.1 Å². The maximum Gasteiger partial charge on any atom is 0.432 e. The van der Waals surface area contributed by atoms with Crippen LogP contribution in [-0.2, 0) is 12.5 Å². The second kappa shape index (κ2) is 11.5. The monoisotopic (exact) mass is 510 g/mol. The Balaban J connectivity index is 1.69. The molecule has 0 spiro atoms. The maximum absolute atomic E-state index is 14.5. The first-order valence-corrected chi connectivity index (χ1v) is 11.5. The van der Waals surface area contributed by atoms with Gasteiger partial charge >= 0.3 is 12.7 Å². The van der Waals surface area contributed by atoms with Crippen molar-refractivity contribution in [1.82, 2.24) is 0 Å². The minimum Gasteiger partial charge on any atom is -0.429 e. The van der Waals surface area contributed by atoms with Gasteiger partial charge in [-0.05, 0) is 42.4 Å². The van der Waals surface area contributed by atoms with Crippen LogP contribution < -0.4 is 9.47 Å². The van der Waals surface area contributed by atoms with Gasteiger partial charge in [-0.1, -0.05) is 45.4 Å². The number of benzene rings is 2. The molecule has 0 radical (unpaired) electrons. The first kappa shape index (κ1) is 27.1. The van der Waals surface area contributed by atoms with Gasteiger partial charge in [-0.3, -0.25) is 0 Å². The van der Waals surface area contributed by atoms with Crippen LogP contribution in [0.25, 0.3) is 0 Å². The molecule has 0 bridgehead atoms. The van der Waals surface area contributed by atoms with E-state index in [-0.39, 0.29) is 17.7 Å². The zero-order valence-corrected chi connectivity index (χ0v) is 19.0. The van der Waals surface area contributed by atoms with Gasteiger partial charge in [-0.15, -0.1) is 0 Å². The molecule has 1 fully saturated rings. The first-order chi connectivity index (χ1) is 16.5. The molecule has 0 unspecified atom stereocenters. The molecule has 0 amide bonds. The van der Waals surface area contributed by atoms with E-state index in [1.165, 1.54) is 6.42 Å².